The lowest BCUT2D eigenvalue weighted by molar-refractivity contribution is -0.117. The van der Waals surface area contributed by atoms with E-state index in [1.54, 1.807) is 37.4 Å². The molecule has 0 fully saturated rings. The fourth-order valence-corrected chi connectivity index (χ4v) is 3.08. The number of carbonyl (C=O) groups is 2. The van der Waals surface area contributed by atoms with Gasteiger partial charge in [-0.1, -0.05) is 44.2 Å². The molecule has 1 aromatic heterocycles. The van der Waals surface area contributed by atoms with Crippen LogP contribution < -0.4 is 10.6 Å². The normalized spacial score (nSPS) is 11.9. The molecule has 0 spiro atoms. The molecule has 1 heterocycles. The minimum absolute atomic E-state index is 0.267. The first-order valence-electron chi connectivity index (χ1n) is 9.71. The van der Waals surface area contributed by atoms with Gasteiger partial charge < -0.3 is 15.2 Å². The van der Waals surface area contributed by atoms with E-state index in [2.05, 4.69) is 34.0 Å². The van der Waals surface area contributed by atoms with Gasteiger partial charge in [-0.25, -0.2) is 4.98 Å². The van der Waals surface area contributed by atoms with Gasteiger partial charge in [0.1, 0.15) is 11.9 Å². The van der Waals surface area contributed by atoms with Gasteiger partial charge in [0.2, 0.25) is 5.91 Å². The maximum absolute atomic E-state index is 12.5. The molecule has 6 heteroatoms. The Morgan fingerprint density at radius 3 is 2.52 bits per heavy atom. The molecule has 0 saturated heterocycles. The van der Waals surface area contributed by atoms with Crippen LogP contribution in [0.3, 0.4) is 0 Å². The van der Waals surface area contributed by atoms with Crippen LogP contribution in [0.15, 0.2) is 67.0 Å². The molecule has 0 saturated carbocycles. The van der Waals surface area contributed by atoms with Gasteiger partial charge in [-0.05, 0) is 36.8 Å². The van der Waals surface area contributed by atoms with E-state index in [0.29, 0.717) is 23.7 Å². The zero-order chi connectivity index (χ0) is 20.8. The van der Waals surface area contributed by atoms with Crippen molar-refractivity contribution in [2.45, 2.75) is 39.3 Å². The molecule has 3 aromatic rings. The zero-order valence-electron chi connectivity index (χ0n) is 16.9. The molecule has 0 aliphatic carbocycles. The molecular formula is C23H26N4O2. The second-order valence-corrected chi connectivity index (χ2v) is 7.32. The van der Waals surface area contributed by atoms with E-state index in [1.165, 1.54) is 0 Å². The number of hydrogen-bond donors (Lipinski definition) is 2. The van der Waals surface area contributed by atoms with Crippen molar-refractivity contribution in [2.75, 3.05) is 5.32 Å². The number of carbonyl (C=O) groups excluding carboxylic acids is 2. The van der Waals surface area contributed by atoms with E-state index in [1.807, 2.05) is 36.5 Å². The SMILES string of the molecule is CC(NC(=O)c1ccccc1)C(=O)Nc1cccc(Cn2ccnc2C(C)C)c1. The molecule has 2 amide bonds. The minimum atomic E-state index is -0.660. The van der Waals surface area contributed by atoms with Crippen LogP contribution in [0.2, 0.25) is 0 Å². The van der Waals surface area contributed by atoms with Crippen molar-refractivity contribution in [3.05, 3.63) is 83.9 Å². The fraction of sp³-hybridized carbons (Fsp3) is 0.261. The first-order valence-corrected chi connectivity index (χ1v) is 9.71. The minimum Gasteiger partial charge on any atom is -0.341 e. The van der Waals surface area contributed by atoms with Crippen LogP contribution in [0.1, 0.15) is 48.4 Å². The van der Waals surface area contributed by atoms with Crippen molar-refractivity contribution in [3.8, 4) is 0 Å². The van der Waals surface area contributed by atoms with Crippen LogP contribution in [-0.2, 0) is 11.3 Å². The molecule has 0 radical (unpaired) electrons. The molecular weight excluding hydrogens is 364 g/mol. The Bertz CT molecular complexity index is 979. The van der Waals surface area contributed by atoms with Gasteiger partial charge in [0, 0.05) is 36.1 Å². The predicted octanol–water partition coefficient (Wildman–Crippen LogP) is 3.81. The van der Waals surface area contributed by atoms with Crippen molar-refractivity contribution >= 4 is 17.5 Å². The van der Waals surface area contributed by atoms with Crippen molar-refractivity contribution < 1.29 is 9.59 Å². The molecule has 6 nitrogen and oxygen atoms in total. The highest BCUT2D eigenvalue weighted by Gasteiger charge is 2.17. The lowest BCUT2D eigenvalue weighted by atomic mass is 10.1. The molecule has 3 rings (SSSR count). The van der Waals surface area contributed by atoms with E-state index in [9.17, 15) is 9.59 Å². The van der Waals surface area contributed by atoms with Gasteiger partial charge in [0.25, 0.3) is 5.91 Å². The standard InChI is InChI=1S/C23H26N4O2/c1-16(2)21-24-12-13-27(21)15-18-8-7-11-20(14-18)26-22(28)17(3)25-23(29)19-9-5-4-6-10-19/h4-14,16-17H,15H2,1-3H3,(H,25,29)(H,26,28). The number of anilines is 1. The van der Waals surface area contributed by atoms with Crippen molar-refractivity contribution in [1.29, 1.82) is 0 Å². The highest BCUT2D eigenvalue weighted by Crippen LogP contribution is 2.16. The summed E-state index contributed by atoms with van der Waals surface area (Å²) in [5, 5.41) is 5.60. The number of nitrogens with zero attached hydrogens (tertiary/aromatic N) is 2. The maximum atomic E-state index is 12.5. The average molecular weight is 390 g/mol. The molecule has 0 bridgehead atoms. The molecule has 1 unspecified atom stereocenters. The summed E-state index contributed by atoms with van der Waals surface area (Å²) in [5.41, 5.74) is 2.28. The third-order valence-electron chi connectivity index (χ3n) is 4.59. The summed E-state index contributed by atoms with van der Waals surface area (Å²) in [6, 6.07) is 15.9. The topological polar surface area (TPSA) is 76.0 Å². The lowest BCUT2D eigenvalue weighted by Crippen LogP contribution is -2.41. The third-order valence-corrected chi connectivity index (χ3v) is 4.59. The highest BCUT2D eigenvalue weighted by molar-refractivity contribution is 6.00. The Morgan fingerprint density at radius 2 is 1.79 bits per heavy atom. The average Bonchev–Trinajstić information content (AvgIpc) is 3.17. The van der Waals surface area contributed by atoms with Gasteiger partial charge in [-0.15, -0.1) is 0 Å². The van der Waals surface area contributed by atoms with Crippen LogP contribution in [-0.4, -0.2) is 27.4 Å². The molecule has 0 aliphatic rings. The largest absolute Gasteiger partial charge is 0.341 e. The molecule has 2 aromatic carbocycles. The Hall–Kier alpha value is -3.41. The highest BCUT2D eigenvalue weighted by atomic mass is 16.2. The van der Waals surface area contributed by atoms with Gasteiger partial charge >= 0.3 is 0 Å². The van der Waals surface area contributed by atoms with Crippen LogP contribution in [0.5, 0.6) is 0 Å². The summed E-state index contributed by atoms with van der Waals surface area (Å²) in [6.45, 7) is 6.57. The summed E-state index contributed by atoms with van der Waals surface area (Å²) >= 11 is 0. The van der Waals surface area contributed by atoms with Crippen molar-refractivity contribution in [1.82, 2.24) is 14.9 Å². The lowest BCUT2D eigenvalue weighted by Gasteiger charge is -2.15. The first-order chi connectivity index (χ1) is 13.9. The van der Waals surface area contributed by atoms with E-state index < -0.39 is 6.04 Å². The monoisotopic (exact) mass is 390 g/mol. The molecule has 29 heavy (non-hydrogen) atoms. The van der Waals surface area contributed by atoms with Gasteiger partial charge in [0.05, 0.1) is 0 Å². The Labute approximate surface area is 171 Å². The smallest absolute Gasteiger partial charge is 0.251 e. The summed E-state index contributed by atoms with van der Waals surface area (Å²) in [6.07, 6.45) is 3.76. The number of nitrogens with one attached hydrogen (secondary N) is 2. The number of rotatable bonds is 7. The van der Waals surface area contributed by atoms with Gasteiger partial charge in [-0.2, -0.15) is 0 Å². The van der Waals surface area contributed by atoms with Crippen LogP contribution in [0.25, 0.3) is 0 Å². The summed E-state index contributed by atoms with van der Waals surface area (Å²) in [5.74, 6) is 0.818. The molecule has 2 N–H and O–H groups in total. The Morgan fingerprint density at radius 1 is 1.03 bits per heavy atom. The second-order valence-electron chi connectivity index (χ2n) is 7.32. The van der Waals surface area contributed by atoms with Gasteiger partial charge in [0.15, 0.2) is 0 Å². The zero-order valence-corrected chi connectivity index (χ0v) is 16.9. The Kier molecular flexibility index (Phi) is 6.44. The van der Waals surface area contributed by atoms with E-state index in [-0.39, 0.29) is 11.8 Å². The fourth-order valence-electron chi connectivity index (χ4n) is 3.08. The number of benzene rings is 2. The van der Waals surface area contributed by atoms with E-state index >= 15 is 0 Å². The van der Waals surface area contributed by atoms with Crippen molar-refractivity contribution in [3.63, 3.8) is 0 Å². The van der Waals surface area contributed by atoms with Crippen LogP contribution in [0, 0.1) is 0 Å². The quantitative estimate of drug-likeness (QED) is 0.644. The van der Waals surface area contributed by atoms with Crippen molar-refractivity contribution in [2.24, 2.45) is 0 Å². The van der Waals surface area contributed by atoms with Crippen LogP contribution in [0.4, 0.5) is 5.69 Å². The number of amides is 2. The maximum Gasteiger partial charge on any atom is 0.251 e. The Balaban J connectivity index is 1.62. The molecule has 1 atom stereocenters. The number of aromatic nitrogens is 2. The first kappa shape index (κ1) is 20.3. The summed E-state index contributed by atoms with van der Waals surface area (Å²) in [7, 11) is 0. The molecule has 150 valence electrons. The summed E-state index contributed by atoms with van der Waals surface area (Å²) < 4.78 is 2.11. The predicted molar refractivity (Wildman–Crippen MR) is 114 cm³/mol. The third kappa shape index (κ3) is 5.31. The number of hydrogen-bond acceptors (Lipinski definition) is 3. The molecule has 0 aliphatic heterocycles. The van der Waals surface area contributed by atoms with E-state index in [4.69, 9.17) is 0 Å². The van der Waals surface area contributed by atoms with E-state index in [0.717, 1.165) is 11.4 Å². The van der Waals surface area contributed by atoms with Crippen LogP contribution >= 0.6 is 0 Å². The van der Waals surface area contributed by atoms with Gasteiger partial charge in [-0.3, -0.25) is 9.59 Å². The number of imidazole rings is 1. The summed E-state index contributed by atoms with van der Waals surface area (Å²) in [4.78, 5) is 29.2. The second kappa shape index (κ2) is 9.19.